The van der Waals surface area contributed by atoms with E-state index in [-0.39, 0.29) is 21.7 Å². The number of amides is 2. The van der Waals surface area contributed by atoms with Crippen molar-refractivity contribution in [1.82, 2.24) is 29.6 Å². The number of aromatic nitrogens is 5. The van der Waals surface area contributed by atoms with Crippen molar-refractivity contribution in [2.24, 2.45) is 12.2 Å². The van der Waals surface area contributed by atoms with Crippen molar-refractivity contribution < 1.29 is 41.9 Å². The second-order valence-electron chi connectivity index (χ2n) is 9.58. The van der Waals surface area contributed by atoms with Gasteiger partial charge in [-0.3, -0.25) is 14.1 Å². The first kappa shape index (κ1) is 29.5. The molecular weight excluding hydrogens is 582 g/mol. The number of carboxylic acids is 1. The van der Waals surface area contributed by atoms with Crippen molar-refractivity contribution in [3.8, 4) is 11.3 Å². The molecule has 0 aliphatic carbocycles. The predicted molar refractivity (Wildman–Crippen MR) is 141 cm³/mol. The van der Waals surface area contributed by atoms with E-state index in [2.05, 4.69) is 25.8 Å². The fourth-order valence-electron chi connectivity index (χ4n) is 3.88. The molecule has 1 unspecified atom stereocenters. The lowest BCUT2D eigenvalue weighted by Crippen LogP contribution is -2.73. The molecular formula is C22H26N9O8S2+. The monoisotopic (exact) mass is 608 g/mol. The Morgan fingerprint density at radius 3 is 2.66 bits per heavy atom. The van der Waals surface area contributed by atoms with Crippen LogP contribution in [0.15, 0.2) is 35.2 Å². The molecule has 3 aromatic heterocycles. The molecule has 3 aromatic rings. The van der Waals surface area contributed by atoms with Crippen LogP contribution in [0, 0.1) is 6.92 Å². The third kappa shape index (κ3) is 6.15. The Labute approximate surface area is 237 Å². The zero-order valence-electron chi connectivity index (χ0n) is 22.1. The van der Waals surface area contributed by atoms with E-state index in [1.54, 1.807) is 0 Å². The van der Waals surface area contributed by atoms with Crippen LogP contribution >= 0.6 is 11.3 Å². The predicted octanol–water partition coefficient (Wildman–Crippen LogP) is -1.10. The van der Waals surface area contributed by atoms with E-state index in [1.807, 2.05) is 37.0 Å². The summed E-state index contributed by atoms with van der Waals surface area (Å²) < 4.78 is 36.9. The standard InChI is InChI=1S/C22H25N9O8S2/c1-11-7-29(4)6-5-12(11)13-8-30(28-26-13)9-15-17(19(33)31(15)41(36,37)38)25-18(32)16(14-10-40-21(23)24-14)27-39-22(2,3)20(34)35/h5-8,10,15,17H,9H2,1-4H3,(H4-,23,24,25,32,34,35,36,37,38)/p+1/b27-16-/t15?,17-/m0/s1. The number of carbonyl (C=O) groups excluding carboxylic acids is 2. The Morgan fingerprint density at radius 2 is 2.07 bits per heavy atom. The number of oxime groups is 1. The number of carboxylic acid groups (broad SMARTS) is 1. The zero-order chi connectivity index (χ0) is 30.3. The number of nitrogen functional groups attached to an aromatic ring is 1. The maximum atomic E-state index is 13.2. The maximum Gasteiger partial charge on any atom is 0.362 e. The molecule has 0 aromatic carbocycles. The van der Waals surface area contributed by atoms with E-state index >= 15 is 0 Å². The highest BCUT2D eigenvalue weighted by molar-refractivity contribution is 7.84. The minimum absolute atomic E-state index is 0.0672. The molecule has 5 N–H and O–H groups in total. The largest absolute Gasteiger partial charge is 0.478 e. The molecule has 218 valence electrons. The van der Waals surface area contributed by atoms with Crippen LogP contribution in [-0.4, -0.2) is 83.5 Å². The number of hydrogen-bond acceptors (Lipinski definition) is 12. The van der Waals surface area contributed by atoms with Crippen molar-refractivity contribution >= 4 is 50.3 Å². The number of nitrogens with two attached hydrogens (primary N) is 1. The molecule has 0 radical (unpaired) electrons. The quantitative estimate of drug-likeness (QED) is 0.0705. The third-order valence-electron chi connectivity index (χ3n) is 6.05. The van der Waals surface area contributed by atoms with Gasteiger partial charge < -0.3 is 21.0 Å². The normalized spacial score (nSPS) is 17.7. The summed E-state index contributed by atoms with van der Waals surface area (Å²) in [5.74, 6) is -3.54. The summed E-state index contributed by atoms with van der Waals surface area (Å²) in [7, 11) is -3.14. The van der Waals surface area contributed by atoms with Gasteiger partial charge in [0.05, 0.1) is 18.8 Å². The molecule has 1 aliphatic rings. The highest BCUT2D eigenvalue weighted by atomic mass is 32.2. The summed E-state index contributed by atoms with van der Waals surface area (Å²) in [4.78, 5) is 46.4. The van der Waals surface area contributed by atoms with E-state index in [9.17, 15) is 32.5 Å². The van der Waals surface area contributed by atoms with Crippen molar-refractivity contribution in [2.75, 3.05) is 5.73 Å². The number of β-lactam (4-membered cyclic amide) rings is 1. The Balaban J connectivity index is 1.61. The number of hydrogen-bond donors (Lipinski definition) is 4. The lowest BCUT2D eigenvalue weighted by Gasteiger charge is -2.43. The van der Waals surface area contributed by atoms with Crippen LogP contribution in [-0.2, 0) is 43.1 Å². The van der Waals surface area contributed by atoms with Gasteiger partial charge in [0.2, 0.25) is 5.60 Å². The number of carbonyl (C=O) groups is 3. The summed E-state index contributed by atoms with van der Waals surface area (Å²) in [6.45, 7) is 3.99. The van der Waals surface area contributed by atoms with Gasteiger partial charge in [-0.1, -0.05) is 10.4 Å². The van der Waals surface area contributed by atoms with Gasteiger partial charge in [0.15, 0.2) is 23.2 Å². The zero-order valence-corrected chi connectivity index (χ0v) is 23.7. The van der Waals surface area contributed by atoms with Gasteiger partial charge in [0, 0.05) is 22.6 Å². The fraction of sp³-hybridized carbons (Fsp3) is 0.364. The molecule has 2 amide bonds. The number of aliphatic carboxylic acids is 1. The van der Waals surface area contributed by atoms with Crippen LogP contribution in [0.3, 0.4) is 0 Å². The lowest BCUT2D eigenvalue weighted by molar-refractivity contribution is -0.671. The lowest BCUT2D eigenvalue weighted by atomic mass is 9.98. The Kier molecular flexibility index (Phi) is 7.78. The number of pyridine rings is 1. The highest BCUT2D eigenvalue weighted by Crippen LogP contribution is 2.26. The van der Waals surface area contributed by atoms with Gasteiger partial charge in [0.25, 0.3) is 11.8 Å². The summed E-state index contributed by atoms with van der Waals surface area (Å²) >= 11 is 0.964. The molecule has 2 atom stereocenters. The topological polar surface area (TPSA) is 236 Å². The molecule has 4 rings (SSSR count). The maximum absolute atomic E-state index is 13.2. The van der Waals surface area contributed by atoms with Crippen molar-refractivity contribution in [3.63, 3.8) is 0 Å². The number of rotatable bonds is 10. The molecule has 4 heterocycles. The number of nitrogens with one attached hydrogen (secondary N) is 1. The first-order chi connectivity index (χ1) is 19.1. The highest BCUT2D eigenvalue weighted by Gasteiger charge is 2.54. The number of anilines is 1. The van der Waals surface area contributed by atoms with Gasteiger partial charge in [-0.05, 0) is 20.8 Å². The second kappa shape index (κ2) is 10.8. The second-order valence-corrected chi connectivity index (χ2v) is 11.8. The molecule has 19 heteroatoms. The first-order valence-corrected chi connectivity index (χ1v) is 14.0. The Hall–Kier alpha value is -4.49. The Morgan fingerprint density at radius 1 is 1.37 bits per heavy atom. The van der Waals surface area contributed by atoms with Crippen LogP contribution in [0.5, 0.6) is 0 Å². The SMILES string of the molecule is Cc1c[n+](C)ccc1-c1cn(CC2[C@H](NC(=O)/C(=N\OC(C)(C)C(=O)O)c3csc(N)n3)C(=O)N2S(=O)(=O)O)nn1. The summed E-state index contributed by atoms with van der Waals surface area (Å²) in [5, 5.41) is 24.9. The van der Waals surface area contributed by atoms with Gasteiger partial charge in [-0.2, -0.15) is 8.42 Å². The number of nitrogens with zero attached hydrogens (tertiary/aromatic N) is 7. The molecule has 1 saturated heterocycles. The van der Waals surface area contributed by atoms with Gasteiger partial charge in [0.1, 0.15) is 24.5 Å². The smallest absolute Gasteiger partial charge is 0.362 e. The van der Waals surface area contributed by atoms with Crippen LogP contribution in [0.2, 0.25) is 0 Å². The third-order valence-corrected chi connectivity index (χ3v) is 7.67. The van der Waals surface area contributed by atoms with E-state index in [1.165, 1.54) is 30.1 Å². The molecule has 0 bridgehead atoms. The summed E-state index contributed by atoms with van der Waals surface area (Å²) in [6.07, 6.45) is 5.22. The molecule has 1 aliphatic heterocycles. The van der Waals surface area contributed by atoms with Crippen LogP contribution < -0.4 is 15.6 Å². The van der Waals surface area contributed by atoms with E-state index in [4.69, 9.17) is 10.6 Å². The molecule has 41 heavy (non-hydrogen) atoms. The summed E-state index contributed by atoms with van der Waals surface area (Å²) in [6, 6.07) is -0.934. The van der Waals surface area contributed by atoms with Crippen molar-refractivity contribution in [2.45, 2.75) is 45.0 Å². The number of aryl methyl sites for hydroxylation is 2. The molecule has 17 nitrogen and oxygen atoms in total. The fourth-order valence-corrected chi connectivity index (χ4v) is 5.30. The Bertz CT molecular complexity index is 1660. The van der Waals surface area contributed by atoms with E-state index < -0.39 is 51.5 Å². The van der Waals surface area contributed by atoms with Crippen molar-refractivity contribution in [1.29, 1.82) is 0 Å². The van der Waals surface area contributed by atoms with Crippen molar-refractivity contribution in [3.05, 3.63) is 41.3 Å². The summed E-state index contributed by atoms with van der Waals surface area (Å²) in [5.41, 5.74) is 5.37. The van der Waals surface area contributed by atoms with E-state index in [0.29, 0.717) is 5.69 Å². The van der Waals surface area contributed by atoms with Crippen LogP contribution in [0.4, 0.5) is 5.13 Å². The minimum Gasteiger partial charge on any atom is -0.478 e. The van der Waals surface area contributed by atoms with Gasteiger partial charge in [-0.15, -0.1) is 16.4 Å². The number of thiazole rings is 1. The average molecular weight is 609 g/mol. The van der Waals surface area contributed by atoms with Crippen LogP contribution in [0.1, 0.15) is 25.1 Å². The van der Waals surface area contributed by atoms with Gasteiger partial charge >= 0.3 is 16.3 Å². The first-order valence-electron chi connectivity index (χ1n) is 11.8. The van der Waals surface area contributed by atoms with E-state index in [0.717, 1.165) is 22.5 Å². The molecule has 0 saturated carbocycles. The molecule has 0 spiro atoms. The van der Waals surface area contributed by atoms with Crippen LogP contribution in [0.25, 0.3) is 11.3 Å². The molecule has 1 fully saturated rings. The minimum atomic E-state index is -5.00. The van der Waals surface area contributed by atoms with Gasteiger partial charge in [-0.25, -0.2) is 23.3 Å². The average Bonchev–Trinajstić information content (AvgIpc) is 3.50.